The molecule has 1 aliphatic heterocycles. The van der Waals surface area contributed by atoms with Crippen molar-refractivity contribution in [3.8, 4) is 0 Å². The molecule has 0 bridgehead atoms. The van der Waals surface area contributed by atoms with Gasteiger partial charge in [-0.3, -0.25) is 4.79 Å². The number of carbonyl (C=O) groups excluding carboxylic acids is 1. The number of nitrogens with zero attached hydrogens (tertiary/aromatic N) is 2. The molecule has 2 heterocycles. The summed E-state index contributed by atoms with van der Waals surface area (Å²) in [5, 5.41) is 3.55. The Bertz CT molecular complexity index is 506. The van der Waals surface area contributed by atoms with Gasteiger partial charge in [-0.15, -0.1) is 0 Å². The second-order valence-corrected chi connectivity index (χ2v) is 6.08. The van der Waals surface area contributed by atoms with Crippen LogP contribution in [0.15, 0.2) is 12.1 Å². The predicted octanol–water partition coefficient (Wildman–Crippen LogP) is 3.96. The SMILES string of the molecule is CCCNc1cc(C(=O)N2C(C)CCC2CC)cc(Cl)n1. The number of hydrogen-bond donors (Lipinski definition) is 1. The van der Waals surface area contributed by atoms with Crippen molar-refractivity contribution in [2.45, 2.75) is 58.5 Å². The number of halogens is 1. The minimum atomic E-state index is 0.0655. The fourth-order valence-corrected chi connectivity index (χ4v) is 3.16. The molecule has 1 aromatic heterocycles. The van der Waals surface area contributed by atoms with Crippen molar-refractivity contribution >= 4 is 23.3 Å². The molecule has 0 saturated carbocycles. The van der Waals surface area contributed by atoms with Crippen LogP contribution in [0.25, 0.3) is 0 Å². The Hall–Kier alpha value is -1.29. The highest BCUT2D eigenvalue weighted by Crippen LogP contribution is 2.28. The second-order valence-electron chi connectivity index (χ2n) is 5.69. The molecular weight excluding hydrogens is 286 g/mol. The van der Waals surface area contributed by atoms with Crippen LogP contribution in [-0.4, -0.2) is 34.4 Å². The van der Waals surface area contributed by atoms with Gasteiger partial charge in [0.25, 0.3) is 5.91 Å². The Morgan fingerprint density at radius 3 is 2.86 bits per heavy atom. The summed E-state index contributed by atoms with van der Waals surface area (Å²) >= 11 is 6.06. The standard InChI is InChI=1S/C16H24ClN3O/c1-4-8-18-15-10-12(9-14(17)19-15)16(21)20-11(3)6-7-13(20)5-2/h9-11,13H,4-8H2,1-3H3,(H,18,19). The summed E-state index contributed by atoms with van der Waals surface area (Å²) in [7, 11) is 0. The molecule has 0 aromatic carbocycles. The van der Waals surface area contributed by atoms with Crippen molar-refractivity contribution in [3.63, 3.8) is 0 Å². The fraction of sp³-hybridized carbons (Fsp3) is 0.625. The molecule has 1 amide bonds. The van der Waals surface area contributed by atoms with Crippen LogP contribution in [0.1, 0.15) is 56.8 Å². The van der Waals surface area contributed by atoms with Crippen molar-refractivity contribution < 1.29 is 4.79 Å². The lowest BCUT2D eigenvalue weighted by Gasteiger charge is -2.28. The van der Waals surface area contributed by atoms with Gasteiger partial charge in [0.15, 0.2) is 0 Å². The van der Waals surface area contributed by atoms with Gasteiger partial charge in [-0.25, -0.2) is 4.98 Å². The van der Waals surface area contributed by atoms with E-state index in [4.69, 9.17) is 11.6 Å². The van der Waals surface area contributed by atoms with Gasteiger partial charge in [0, 0.05) is 24.2 Å². The first kappa shape index (κ1) is 16.1. The van der Waals surface area contributed by atoms with Gasteiger partial charge < -0.3 is 10.2 Å². The molecule has 1 fully saturated rings. The number of pyridine rings is 1. The average molecular weight is 310 g/mol. The minimum absolute atomic E-state index is 0.0655. The van der Waals surface area contributed by atoms with E-state index in [1.54, 1.807) is 6.07 Å². The highest BCUT2D eigenvalue weighted by Gasteiger charge is 2.33. The van der Waals surface area contributed by atoms with Crippen LogP contribution in [0.5, 0.6) is 0 Å². The molecule has 2 rings (SSSR count). The molecule has 2 atom stereocenters. The minimum Gasteiger partial charge on any atom is -0.370 e. The number of aromatic nitrogens is 1. The third-order valence-electron chi connectivity index (χ3n) is 4.09. The van der Waals surface area contributed by atoms with Crippen LogP contribution < -0.4 is 5.32 Å². The number of likely N-dealkylation sites (tertiary alicyclic amines) is 1. The summed E-state index contributed by atoms with van der Waals surface area (Å²) in [4.78, 5) is 19.0. The van der Waals surface area contributed by atoms with E-state index in [1.165, 1.54) is 0 Å². The predicted molar refractivity (Wildman–Crippen MR) is 87.0 cm³/mol. The molecular formula is C16H24ClN3O. The molecule has 1 N–H and O–H groups in total. The summed E-state index contributed by atoms with van der Waals surface area (Å²) < 4.78 is 0. The maximum absolute atomic E-state index is 12.8. The Labute approximate surface area is 131 Å². The Morgan fingerprint density at radius 2 is 2.19 bits per heavy atom. The lowest BCUT2D eigenvalue weighted by Crippen LogP contribution is -2.39. The molecule has 4 nitrogen and oxygen atoms in total. The van der Waals surface area contributed by atoms with Crippen molar-refractivity contribution in [2.24, 2.45) is 0 Å². The quantitative estimate of drug-likeness (QED) is 0.837. The van der Waals surface area contributed by atoms with E-state index < -0.39 is 0 Å². The molecule has 1 aliphatic rings. The molecule has 21 heavy (non-hydrogen) atoms. The number of anilines is 1. The van der Waals surface area contributed by atoms with Crippen LogP contribution in [0.3, 0.4) is 0 Å². The average Bonchev–Trinajstić information content (AvgIpc) is 2.84. The molecule has 5 heteroatoms. The van der Waals surface area contributed by atoms with E-state index in [1.807, 2.05) is 11.0 Å². The highest BCUT2D eigenvalue weighted by molar-refractivity contribution is 6.29. The van der Waals surface area contributed by atoms with Gasteiger partial charge in [-0.05, 0) is 44.7 Å². The number of carbonyl (C=O) groups is 1. The van der Waals surface area contributed by atoms with Gasteiger partial charge in [-0.1, -0.05) is 25.4 Å². The lowest BCUT2D eigenvalue weighted by atomic mass is 10.1. The molecule has 116 valence electrons. The maximum Gasteiger partial charge on any atom is 0.254 e. The van der Waals surface area contributed by atoms with E-state index in [2.05, 4.69) is 31.1 Å². The number of rotatable bonds is 5. The number of nitrogens with one attached hydrogen (secondary N) is 1. The Kier molecular flexibility index (Phi) is 5.45. The zero-order chi connectivity index (χ0) is 15.4. The molecule has 1 aromatic rings. The third-order valence-corrected chi connectivity index (χ3v) is 4.28. The van der Waals surface area contributed by atoms with Crippen molar-refractivity contribution in [1.29, 1.82) is 0 Å². The van der Waals surface area contributed by atoms with Gasteiger partial charge in [-0.2, -0.15) is 0 Å². The zero-order valence-electron chi connectivity index (χ0n) is 13.0. The molecule has 0 spiro atoms. The van der Waals surface area contributed by atoms with Gasteiger partial charge in [0.05, 0.1) is 0 Å². The van der Waals surface area contributed by atoms with Gasteiger partial charge >= 0.3 is 0 Å². The first-order valence-electron chi connectivity index (χ1n) is 7.80. The smallest absolute Gasteiger partial charge is 0.254 e. The number of amides is 1. The van der Waals surface area contributed by atoms with Gasteiger partial charge in [0.1, 0.15) is 11.0 Å². The zero-order valence-corrected chi connectivity index (χ0v) is 13.8. The summed E-state index contributed by atoms with van der Waals surface area (Å²) in [6.07, 6.45) is 4.15. The topological polar surface area (TPSA) is 45.2 Å². The summed E-state index contributed by atoms with van der Waals surface area (Å²) in [6.45, 7) is 7.16. The van der Waals surface area contributed by atoms with Crippen LogP contribution in [0, 0.1) is 0 Å². The molecule has 2 unspecified atom stereocenters. The summed E-state index contributed by atoms with van der Waals surface area (Å²) in [5.41, 5.74) is 0.626. The summed E-state index contributed by atoms with van der Waals surface area (Å²) in [6, 6.07) is 4.10. The lowest BCUT2D eigenvalue weighted by molar-refractivity contribution is 0.0676. The molecule has 0 aliphatic carbocycles. The van der Waals surface area contributed by atoms with E-state index in [-0.39, 0.29) is 5.91 Å². The van der Waals surface area contributed by atoms with E-state index >= 15 is 0 Å². The van der Waals surface area contributed by atoms with Crippen LogP contribution in [-0.2, 0) is 0 Å². The van der Waals surface area contributed by atoms with Crippen LogP contribution in [0.2, 0.25) is 5.15 Å². The van der Waals surface area contributed by atoms with E-state index in [0.717, 1.165) is 32.2 Å². The van der Waals surface area contributed by atoms with Crippen molar-refractivity contribution in [1.82, 2.24) is 9.88 Å². The molecule has 0 radical (unpaired) electrons. The second kappa shape index (κ2) is 7.12. The summed E-state index contributed by atoms with van der Waals surface area (Å²) in [5.74, 6) is 0.739. The number of hydrogen-bond acceptors (Lipinski definition) is 3. The fourth-order valence-electron chi connectivity index (χ4n) is 2.95. The van der Waals surface area contributed by atoms with E-state index in [0.29, 0.717) is 28.6 Å². The highest BCUT2D eigenvalue weighted by atomic mass is 35.5. The van der Waals surface area contributed by atoms with Crippen molar-refractivity contribution in [2.75, 3.05) is 11.9 Å². The Morgan fingerprint density at radius 1 is 1.43 bits per heavy atom. The van der Waals surface area contributed by atoms with Crippen LogP contribution in [0.4, 0.5) is 5.82 Å². The van der Waals surface area contributed by atoms with Gasteiger partial charge in [0.2, 0.25) is 0 Å². The normalized spacial score (nSPS) is 21.6. The monoisotopic (exact) mass is 309 g/mol. The van der Waals surface area contributed by atoms with Crippen LogP contribution >= 0.6 is 11.6 Å². The third kappa shape index (κ3) is 3.67. The Balaban J connectivity index is 2.23. The first-order valence-corrected chi connectivity index (χ1v) is 8.18. The van der Waals surface area contributed by atoms with Crippen molar-refractivity contribution in [3.05, 3.63) is 22.8 Å². The first-order chi connectivity index (χ1) is 10.1. The largest absolute Gasteiger partial charge is 0.370 e. The maximum atomic E-state index is 12.8. The van der Waals surface area contributed by atoms with E-state index in [9.17, 15) is 4.79 Å². The molecule has 1 saturated heterocycles.